The molecule has 6 nitrogen and oxygen atoms in total. The Hall–Kier alpha value is -2.67. The summed E-state index contributed by atoms with van der Waals surface area (Å²) in [5, 5.41) is 7.45. The van der Waals surface area contributed by atoms with Crippen LogP contribution in [0.5, 0.6) is 5.75 Å². The summed E-state index contributed by atoms with van der Waals surface area (Å²) in [6, 6.07) is 6.11. The van der Waals surface area contributed by atoms with E-state index in [0.717, 1.165) is 58.9 Å². The number of aromatic nitrogens is 3. The minimum Gasteiger partial charge on any atom is -0.492 e. The number of amides is 1. The summed E-state index contributed by atoms with van der Waals surface area (Å²) in [5.41, 5.74) is 3.91. The van der Waals surface area contributed by atoms with Crippen LogP contribution in [0.3, 0.4) is 0 Å². The lowest BCUT2D eigenvalue weighted by molar-refractivity contribution is 0.0788. The molecule has 138 valence electrons. The molecule has 0 spiro atoms. The van der Waals surface area contributed by atoms with Gasteiger partial charge in [0.15, 0.2) is 5.01 Å². The van der Waals surface area contributed by atoms with Crippen molar-refractivity contribution in [1.82, 2.24) is 20.1 Å². The van der Waals surface area contributed by atoms with Crippen LogP contribution in [0.2, 0.25) is 0 Å². The van der Waals surface area contributed by atoms with E-state index in [0.29, 0.717) is 17.5 Å². The predicted octanol–water partition coefficient (Wildman–Crippen LogP) is 3.62. The summed E-state index contributed by atoms with van der Waals surface area (Å²) in [5.74, 6) is 1.45. The van der Waals surface area contributed by atoms with Crippen LogP contribution in [0, 0.1) is 5.92 Å². The molecule has 7 heteroatoms. The average Bonchev–Trinajstić information content (AvgIpc) is 3.41. The van der Waals surface area contributed by atoms with Gasteiger partial charge in [-0.3, -0.25) is 9.89 Å². The maximum Gasteiger partial charge on any atom is 0.282 e. The van der Waals surface area contributed by atoms with Crippen molar-refractivity contribution in [2.24, 2.45) is 5.92 Å². The van der Waals surface area contributed by atoms with Crippen LogP contribution in [-0.2, 0) is 6.42 Å². The van der Waals surface area contributed by atoms with E-state index in [-0.39, 0.29) is 5.91 Å². The highest BCUT2D eigenvalue weighted by Crippen LogP contribution is 2.40. The number of carbonyl (C=O) groups excluding carboxylic acids is 1. The molecule has 1 aromatic carbocycles. The number of hydrogen-bond acceptors (Lipinski definition) is 5. The van der Waals surface area contributed by atoms with Gasteiger partial charge >= 0.3 is 0 Å². The number of rotatable bonds is 2. The Morgan fingerprint density at radius 3 is 3.07 bits per heavy atom. The number of benzene rings is 1. The fourth-order valence-electron chi connectivity index (χ4n) is 3.76. The van der Waals surface area contributed by atoms with Gasteiger partial charge in [0.05, 0.1) is 18.5 Å². The van der Waals surface area contributed by atoms with Crippen molar-refractivity contribution in [2.45, 2.75) is 19.8 Å². The first-order valence-electron chi connectivity index (χ1n) is 9.24. The van der Waals surface area contributed by atoms with E-state index < -0.39 is 0 Å². The van der Waals surface area contributed by atoms with Crippen LogP contribution >= 0.6 is 11.3 Å². The summed E-state index contributed by atoms with van der Waals surface area (Å²) < 4.78 is 5.98. The molecule has 27 heavy (non-hydrogen) atoms. The van der Waals surface area contributed by atoms with Gasteiger partial charge < -0.3 is 9.64 Å². The first kappa shape index (κ1) is 16.5. The van der Waals surface area contributed by atoms with Crippen molar-refractivity contribution in [3.8, 4) is 28.1 Å². The highest BCUT2D eigenvalue weighted by molar-refractivity contribution is 7.14. The Kier molecular flexibility index (Phi) is 3.97. The van der Waals surface area contributed by atoms with Gasteiger partial charge in [-0.2, -0.15) is 5.10 Å². The molecule has 1 amide bonds. The molecule has 0 unspecified atom stereocenters. The molecule has 5 rings (SSSR count). The summed E-state index contributed by atoms with van der Waals surface area (Å²) >= 11 is 1.51. The maximum absolute atomic E-state index is 12.8. The van der Waals surface area contributed by atoms with E-state index in [4.69, 9.17) is 9.72 Å². The topological polar surface area (TPSA) is 71.1 Å². The molecular weight excluding hydrogens is 360 g/mol. The molecule has 3 aromatic rings. The van der Waals surface area contributed by atoms with E-state index in [1.54, 1.807) is 6.20 Å². The van der Waals surface area contributed by atoms with Crippen LogP contribution in [0.4, 0.5) is 0 Å². The van der Waals surface area contributed by atoms with Gasteiger partial charge in [-0.1, -0.05) is 13.0 Å². The Bertz CT molecular complexity index is 996. The Morgan fingerprint density at radius 1 is 1.37 bits per heavy atom. The molecule has 4 heterocycles. The number of hydrogen-bond donors (Lipinski definition) is 1. The van der Waals surface area contributed by atoms with Gasteiger partial charge in [0, 0.05) is 41.7 Å². The molecule has 1 N–H and O–H groups in total. The van der Waals surface area contributed by atoms with Crippen LogP contribution in [0.25, 0.3) is 22.4 Å². The van der Waals surface area contributed by atoms with Crippen molar-refractivity contribution < 1.29 is 9.53 Å². The number of likely N-dealkylation sites (tertiary alicyclic amines) is 1. The van der Waals surface area contributed by atoms with Crippen molar-refractivity contribution in [1.29, 1.82) is 0 Å². The van der Waals surface area contributed by atoms with E-state index in [1.807, 2.05) is 29.3 Å². The number of ether oxygens (including phenoxy) is 1. The molecule has 2 aliphatic heterocycles. The second-order valence-electron chi connectivity index (χ2n) is 7.23. The number of nitrogens with zero attached hydrogens (tertiary/aromatic N) is 3. The first-order valence-corrected chi connectivity index (χ1v) is 10.1. The molecule has 1 saturated heterocycles. The second kappa shape index (κ2) is 6.49. The van der Waals surface area contributed by atoms with Crippen molar-refractivity contribution in [3.63, 3.8) is 0 Å². The molecule has 2 aromatic heterocycles. The Morgan fingerprint density at radius 2 is 2.30 bits per heavy atom. The SMILES string of the molecule is C[C@@H]1CCN(C(=O)c2nc3c(s2)CCOc2cc(-c4cn[nH]c4)ccc2-3)C1. The smallest absolute Gasteiger partial charge is 0.282 e. The quantitative estimate of drug-likeness (QED) is 0.737. The van der Waals surface area contributed by atoms with Crippen LogP contribution in [0.15, 0.2) is 30.6 Å². The van der Waals surface area contributed by atoms with Crippen molar-refractivity contribution >= 4 is 17.2 Å². The van der Waals surface area contributed by atoms with Gasteiger partial charge in [0.2, 0.25) is 0 Å². The first-order chi connectivity index (χ1) is 13.2. The number of nitrogens with one attached hydrogen (secondary N) is 1. The monoisotopic (exact) mass is 380 g/mol. The summed E-state index contributed by atoms with van der Waals surface area (Å²) in [4.78, 5) is 20.7. The second-order valence-corrected chi connectivity index (χ2v) is 8.32. The molecular formula is C20H20N4O2S. The largest absolute Gasteiger partial charge is 0.492 e. The fraction of sp³-hybridized carbons (Fsp3) is 0.350. The number of fused-ring (bicyclic) bond motifs is 3. The number of H-pyrrole nitrogens is 1. The number of aromatic amines is 1. The van der Waals surface area contributed by atoms with Crippen LogP contribution < -0.4 is 4.74 Å². The normalized spacial score (nSPS) is 18.6. The zero-order valence-corrected chi connectivity index (χ0v) is 15.9. The van der Waals surface area contributed by atoms with Gasteiger partial charge in [-0.15, -0.1) is 11.3 Å². The lowest BCUT2D eigenvalue weighted by Gasteiger charge is -2.13. The fourth-order valence-corrected chi connectivity index (χ4v) is 4.78. The molecule has 0 saturated carbocycles. The third kappa shape index (κ3) is 2.92. The van der Waals surface area contributed by atoms with Gasteiger partial charge in [-0.25, -0.2) is 4.98 Å². The Labute approximate surface area is 161 Å². The highest BCUT2D eigenvalue weighted by Gasteiger charge is 2.29. The highest BCUT2D eigenvalue weighted by atomic mass is 32.1. The predicted molar refractivity (Wildman–Crippen MR) is 104 cm³/mol. The third-order valence-electron chi connectivity index (χ3n) is 5.25. The lowest BCUT2D eigenvalue weighted by Crippen LogP contribution is -2.28. The van der Waals surface area contributed by atoms with Crippen molar-refractivity contribution in [3.05, 3.63) is 40.5 Å². The van der Waals surface area contributed by atoms with E-state index in [9.17, 15) is 4.79 Å². The molecule has 2 aliphatic rings. The lowest BCUT2D eigenvalue weighted by atomic mass is 10.0. The molecule has 0 radical (unpaired) electrons. The van der Waals surface area contributed by atoms with Crippen LogP contribution in [-0.4, -0.2) is 45.7 Å². The van der Waals surface area contributed by atoms with Gasteiger partial charge in [-0.05, 0) is 30.0 Å². The minimum atomic E-state index is 0.0647. The van der Waals surface area contributed by atoms with E-state index in [1.165, 1.54) is 11.3 Å². The summed E-state index contributed by atoms with van der Waals surface area (Å²) in [6.45, 7) is 4.44. The molecule has 1 fully saturated rings. The van der Waals surface area contributed by atoms with E-state index in [2.05, 4.69) is 17.1 Å². The molecule has 0 aliphatic carbocycles. The summed E-state index contributed by atoms with van der Waals surface area (Å²) in [6.07, 6.45) is 5.50. The minimum absolute atomic E-state index is 0.0647. The zero-order valence-electron chi connectivity index (χ0n) is 15.1. The van der Waals surface area contributed by atoms with Gasteiger partial charge in [0.1, 0.15) is 5.75 Å². The maximum atomic E-state index is 12.8. The summed E-state index contributed by atoms with van der Waals surface area (Å²) in [7, 11) is 0. The van der Waals surface area contributed by atoms with Crippen molar-refractivity contribution in [2.75, 3.05) is 19.7 Å². The third-order valence-corrected chi connectivity index (χ3v) is 6.35. The molecule has 0 bridgehead atoms. The van der Waals surface area contributed by atoms with Crippen LogP contribution in [0.1, 0.15) is 28.0 Å². The van der Waals surface area contributed by atoms with Gasteiger partial charge in [0.25, 0.3) is 5.91 Å². The molecule has 1 atom stereocenters. The number of carbonyl (C=O) groups is 1. The van der Waals surface area contributed by atoms with E-state index >= 15 is 0 Å². The Balaban J connectivity index is 1.51. The zero-order chi connectivity index (χ0) is 18.4. The standard InChI is InChI=1S/C20H20N4O2S/c1-12-4-6-24(11-12)20(25)19-23-18-15-3-2-13(14-9-21-22-10-14)8-16(15)26-7-5-17(18)27-19/h2-3,8-10,12H,4-7,11H2,1H3,(H,21,22)/t12-/m1/s1. The number of thiazole rings is 1. The average molecular weight is 380 g/mol.